The van der Waals surface area contributed by atoms with Gasteiger partial charge in [0.15, 0.2) is 0 Å². The van der Waals surface area contributed by atoms with Crippen molar-refractivity contribution in [2.45, 2.75) is 31.9 Å². The van der Waals surface area contributed by atoms with Gasteiger partial charge in [-0.2, -0.15) is 0 Å². The smallest absolute Gasteiger partial charge is 0.255 e. The lowest BCUT2D eigenvalue weighted by molar-refractivity contribution is 0.0903. The van der Waals surface area contributed by atoms with Gasteiger partial charge in [-0.25, -0.2) is 8.78 Å². The highest BCUT2D eigenvalue weighted by molar-refractivity contribution is 6.34. The molecule has 7 nitrogen and oxygen atoms in total. The molecule has 4 aromatic rings. The molecule has 0 bridgehead atoms. The fourth-order valence-electron chi connectivity index (χ4n) is 4.89. The molecule has 1 unspecified atom stereocenters. The van der Waals surface area contributed by atoms with Crippen LogP contribution in [0.15, 0.2) is 54.7 Å². The summed E-state index contributed by atoms with van der Waals surface area (Å²) in [4.78, 5) is 28.6. The number of aromatic nitrogens is 1. The van der Waals surface area contributed by atoms with Gasteiger partial charge < -0.3 is 25.5 Å². The Balaban J connectivity index is 1.50. The van der Waals surface area contributed by atoms with Gasteiger partial charge in [0.25, 0.3) is 11.8 Å². The number of rotatable bonds is 7. The van der Waals surface area contributed by atoms with Gasteiger partial charge in [-0.3, -0.25) is 9.59 Å². The molecule has 2 heterocycles. The Morgan fingerprint density at radius 3 is 2.56 bits per heavy atom. The van der Waals surface area contributed by atoms with Gasteiger partial charge in [0.2, 0.25) is 0 Å². The van der Waals surface area contributed by atoms with Gasteiger partial charge in [0.1, 0.15) is 23.0 Å². The van der Waals surface area contributed by atoms with E-state index in [1.54, 1.807) is 24.3 Å². The summed E-state index contributed by atoms with van der Waals surface area (Å²) in [6.07, 6.45) is 5.41. The molecule has 41 heavy (non-hydrogen) atoms. The van der Waals surface area contributed by atoms with Crippen LogP contribution in [0.1, 0.15) is 45.7 Å². The fourth-order valence-corrected chi connectivity index (χ4v) is 5.16. The highest BCUT2D eigenvalue weighted by Crippen LogP contribution is 2.38. The van der Waals surface area contributed by atoms with Crippen molar-refractivity contribution < 1.29 is 28.2 Å². The Labute approximate surface area is 240 Å². The number of aliphatic hydroxyl groups is 1. The van der Waals surface area contributed by atoms with Crippen molar-refractivity contribution in [2.75, 3.05) is 13.7 Å². The zero-order valence-corrected chi connectivity index (χ0v) is 23.3. The average molecular weight is 580 g/mol. The predicted molar refractivity (Wildman–Crippen MR) is 154 cm³/mol. The van der Waals surface area contributed by atoms with Crippen LogP contribution in [-0.4, -0.2) is 47.2 Å². The Hall–Kier alpha value is -4.21. The summed E-state index contributed by atoms with van der Waals surface area (Å²) in [5.41, 5.74) is 2.58. The summed E-state index contributed by atoms with van der Waals surface area (Å²) in [5, 5.41) is 16.1. The molecule has 0 saturated carbocycles. The summed E-state index contributed by atoms with van der Waals surface area (Å²) in [7, 11) is 1.52. The number of fused-ring (bicyclic) bond motifs is 2. The maximum absolute atomic E-state index is 14.2. The Bertz CT molecular complexity index is 1710. The maximum atomic E-state index is 14.2. The Kier molecular flexibility index (Phi) is 7.59. The number of nitrogens with one attached hydrogen (secondary N) is 3. The fraction of sp³-hybridized carbons (Fsp3) is 0.226. The molecule has 4 N–H and O–H groups in total. The van der Waals surface area contributed by atoms with Crippen molar-refractivity contribution >= 4 is 40.4 Å². The van der Waals surface area contributed by atoms with E-state index >= 15 is 0 Å². The first-order valence-electron chi connectivity index (χ1n) is 12.9. The zero-order valence-electron chi connectivity index (χ0n) is 22.6. The first kappa shape index (κ1) is 28.3. The van der Waals surface area contributed by atoms with Gasteiger partial charge in [-0.05, 0) is 73.4 Å². The second-order valence-electron chi connectivity index (χ2n) is 10.4. The van der Waals surface area contributed by atoms with Crippen molar-refractivity contribution in [3.8, 4) is 16.9 Å². The first-order valence-corrected chi connectivity index (χ1v) is 13.3. The highest BCUT2D eigenvalue weighted by atomic mass is 35.5. The van der Waals surface area contributed by atoms with E-state index in [9.17, 15) is 23.5 Å². The van der Waals surface area contributed by atoms with Crippen molar-refractivity contribution in [3.05, 3.63) is 93.6 Å². The van der Waals surface area contributed by atoms with Crippen molar-refractivity contribution in [1.82, 2.24) is 15.6 Å². The molecule has 5 rings (SSSR count). The molecule has 212 valence electrons. The van der Waals surface area contributed by atoms with E-state index in [2.05, 4.69) is 15.6 Å². The van der Waals surface area contributed by atoms with Crippen molar-refractivity contribution in [1.29, 1.82) is 0 Å². The minimum atomic E-state index is -0.763. The van der Waals surface area contributed by atoms with E-state index in [1.165, 1.54) is 19.3 Å². The molecule has 3 aromatic carbocycles. The van der Waals surface area contributed by atoms with Crippen LogP contribution >= 0.6 is 11.6 Å². The molecule has 0 spiro atoms. The molecule has 1 aliphatic heterocycles. The van der Waals surface area contributed by atoms with Gasteiger partial charge in [0, 0.05) is 30.3 Å². The van der Waals surface area contributed by atoms with Crippen LogP contribution in [0.4, 0.5) is 8.78 Å². The highest BCUT2D eigenvalue weighted by Gasteiger charge is 2.28. The number of aromatic amines is 1. The second-order valence-corrected chi connectivity index (χ2v) is 10.8. The van der Waals surface area contributed by atoms with Crippen LogP contribution in [0, 0.1) is 11.6 Å². The number of ether oxygens (including phenoxy) is 1. The average Bonchev–Trinajstić information content (AvgIpc) is 3.33. The third-order valence-corrected chi connectivity index (χ3v) is 7.29. The van der Waals surface area contributed by atoms with Crippen LogP contribution < -0.4 is 15.4 Å². The lowest BCUT2D eigenvalue weighted by Gasteiger charge is -2.30. The molecule has 1 atom stereocenters. The minimum Gasteiger partial charge on any atom is -0.482 e. The number of hydrogen-bond donors (Lipinski definition) is 4. The van der Waals surface area contributed by atoms with Crippen molar-refractivity contribution in [2.24, 2.45) is 0 Å². The van der Waals surface area contributed by atoms with Crippen molar-refractivity contribution in [3.63, 3.8) is 0 Å². The van der Waals surface area contributed by atoms with E-state index in [4.69, 9.17) is 16.3 Å². The standard InChI is InChI=1S/C31H28ClF2N3O4/c1-31(2)7-6-17-8-18(16-4-5-22(25(32)11-16)29(39)35-3)10-24(28(17)41-31)30(40)37-21(15-38)9-19-14-36-27-23(19)12-20(33)13-26(27)34/h4-8,10-14,21,36,38H,9,15H2,1-3H3,(H,35,39)(H,37,40). The largest absolute Gasteiger partial charge is 0.482 e. The van der Waals surface area contributed by atoms with E-state index in [1.807, 2.05) is 32.1 Å². The number of benzene rings is 3. The maximum Gasteiger partial charge on any atom is 0.255 e. The molecule has 1 aromatic heterocycles. The van der Waals surface area contributed by atoms with Crippen LogP contribution in [0.2, 0.25) is 5.02 Å². The SMILES string of the molecule is CNC(=O)c1ccc(-c2cc3c(c(C(=O)NC(CO)Cc4c[nH]c5c(F)cc(F)cc45)c2)OC(C)(C)C=C3)cc1Cl. The molecule has 0 radical (unpaired) electrons. The van der Waals surface area contributed by atoms with E-state index in [0.29, 0.717) is 39.0 Å². The second kappa shape index (κ2) is 11.0. The lowest BCUT2D eigenvalue weighted by Crippen LogP contribution is -2.40. The summed E-state index contributed by atoms with van der Waals surface area (Å²) < 4.78 is 34.2. The monoisotopic (exact) mass is 579 g/mol. The molecule has 1 aliphatic rings. The number of hydrogen-bond acceptors (Lipinski definition) is 4. The van der Waals surface area contributed by atoms with Crippen LogP contribution in [0.3, 0.4) is 0 Å². The van der Waals surface area contributed by atoms with Crippen LogP contribution in [0.5, 0.6) is 5.75 Å². The molecule has 0 saturated heterocycles. The topological polar surface area (TPSA) is 103 Å². The third-order valence-electron chi connectivity index (χ3n) is 6.98. The zero-order chi connectivity index (χ0) is 29.5. The minimum absolute atomic E-state index is 0.121. The molecule has 0 aliphatic carbocycles. The van der Waals surface area contributed by atoms with Gasteiger partial charge >= 0.3 is 0 Å². The van der Waals surface area contributed by atoms with Crippen LogP contribution in [0.25, 0.3) is 28.1 Å². The van der Waals surface area contributed by atoms with Gasteiger partial charge in [-0.15, -0.1) is 0 Å². The molecule has 2 amide bonds. The predicted octanol–water partition coefficient (Wildman–Crippen LogP) is 5.64. The van der Waals surface area contributed by atoms with E-state index in [-0.39, 0.29) is 28.4 Å². The van der Waals surface area contributed by atoms with Gasteiger partial charge in [0.05, 0.1) is 34.3 Å². The summed E-state index contributed by atoms with van der Waals surface area (Å²) in [6, 6.07) is 9.77. The number of amides is 2. The van der Waals surface area contributed by atoms with E-state index < -0.39 is 35.8 Å². The molecule has 0 fully saturated rings. The first-order chi connectivity index (χ1) is 19.5. The van der Waals surface area contributed by atoms with Crippen LogP contribution in [-0.2, 0) is 6.42 Å². The number of H-pyrrole nitrogens is 1. The quantitative estimate of drug-likeness (QED) is 0.227. The van der Waals surface area contributed by atoms with E-state index in [0.717, 1.165) is 6.07 Å². The lowest BCUT2D eigenvalue weighted by atomic mass is 9.93. The summed E-state index contributed by atoms with van der Waals surface area (Å²) in [6.45, 7) is 3.32. The normalized spacial score (nSPS) is 14.3. The Morgan fingerprint density at radius 1 is 1.07 bits per heavy atom. The number of halogens is 3. The Morgan fingerprint density at radius 2 is 1.85 bits per heavy atom. The number of carbonyl (C=O) groups excluding carboxylic acids is 2. The summed E-state index contributed by atoms with van der Waals surface area (Å²) in [5.74, 6) is -1.89. The third kappa shape index (κ3) is 5.68. The summed E-state index contributed by atoms with van der Waals surface area (Å²) >= 11 is 6.40. The number of carbonyl (C=O) groups is 2. The molecule has 10 heteroatoms. The number of aliphatic hydroxyl groups excluding tert-OH is 1. The molecular weight excluding hydrogens is 552 g/mol. The molecular formula is C31H28ClF2N3O4. The van der Waals surface area contributed by atoms with Gasteiger partial charge in [-0.1, -0.05) is 23.7 Å².